The summed E-state index contributed by atoms with van der Waals surface area (Å²) in [7, 11) is 2.01. The van der Waals surface area contributed by atoms with Gasteiger partial charge >= 0.3 is 0 Å². The number of aryl methyl sites for hydroxylation is 1. The third kappa shape index (κ3) is 3.24. The molecule has 0 amide bonds. The van der Waals surface area contributed by atoms with Gasteiger partial charge in [-0.15, -0.1) is 17.9 Å². The number of aromatic nitrogens is 1. The zero-order valence-electron chi connectivity index (χ0n) is 8.92. The van der Waals surface area contributed by atoms with Crippen LogP contribution in [0.3, 0.4) is 0 Å². The van der Waals surface area contributed by atoms with Crippen LogP contribution in [0.5, 0.6) is 0 Å². The molecule has 1 aromatic rings. The third-order valence-corrected chi connectivity index (χ3v) is 3.26. The van der Waals surface area contributed by atoms with Gasteiger partial charge in [0.25, 0.3) is 0 Å². The largest absolute Gasteiger partial charge is 0.312 e. The highest BCUT2D eigenvalue weighted by Gasteiger charge is 2.10. The van der Waals surface area contributed by atoms with E-state index in [2.05, 4.69) is 16.9 Å². The summed E-state index contributed by atoms with van der Waals surface area (Å²) in [5.74, 6) is 0. The number of rotatable bonds is 6. The molecule has 1 aromatic heterocycles. The lowest BCUT2D eigenvalue weighted by atomic mass is 10.1. The van der Waals surface area contributed by atoms with Crippen LogP contribution >= 0.6 is 11.3 Å². The lowest BCUT2D eigenvalue weighted by Crippen LogP contribution is -2.14. The smallest absolute Gasteiger partial charge is 0.0897 e. The van der Waals surface area contributed by atoms with E-state index in [0.717, 1.165) is 17.8 Å². The van der Waals surface area contributed by atoms with E-state index in [0.29, 0.717) is 6.04 Å². The molecule has 0 aliphatic carbocycles. The Hall–Kier alpha value is -0.670. The summed E-state index contributed by atoms with van der Waals surface area (Å²) in [6.07, 6.45) is 7.39. The maximum atomic E-state index is 4.27. The molecule has 1 N–H and O–H groups in total. The van der Waals surface area contributed by atoms with E-state index in [9.17, 15) is 0 Å². The van der Waals surface area contributed by atoms with Gasteiger partial charge in [0.05, 0.1) is 5.01 Å². The molecule has 14 heavy (non-hydrogen) atoms. The SMILES string of the molecule is C=CCCCC(NC)c1cnc(C)s1. The molecule has 0 aromatic carbocycles. The van der Waals surface area contributed by atoms with E-state index in [1.807, 2.05) is 26.2 Å². The minimum Gasteiger partial charge on any atom is -0.312 e. The second-order valence-electron chi connectivity index (χ2n) is 3.34. The Labute approximate surface area is 90.1 Å². The first-order chi connectivity index (χ1) is 6.77. The maximum Gasteiger partial charge on any atom is 0.0897 e. The fourth-order valence-corrected chi connectivity index (χ4v) is 2.36. The van der Waals surface area contributed by atoms with E-state index in [-0.39, 0.29) is 0 Å². The van der Waals surface area contributed by atoms with Gasteiger partial charge in [-0.1, -0.05) is 6.08 Å². The topological polar surface area (TPSA) is 24.9 Å². The Kier molecular flexibility index (Phi) is 4.84. The number of unbranched alkanes of at least 4 members (excludes halogenated alkanes) is 1. The summed E-state index contributed by atoms with van der Waals surface area (Å²) >= 11 is 1.78. The van der Waals surface area contributed by atoms with Crippen LogP contribution in [-0.4, -0.2) is 12.0 Å². The molecule has 1 rings (SSSR count). The van der Waals surface area contributed by atoms with Crippen molar-refractivity contribution in [1.29, 1.82) is 0 Å². The number of thiazole rings is 1. The van der Waals surface area contributed by atoms with Crippen LogP contribution in [0.4, 0.5) is 0 Å². The van der Waals surface area contributed by atoms with Crippen LogP contribution in [0, 0.1) is 6.92 Å². The highest BCUT2D eigenvalue weighted by Crippen LogP contribution is 2.24. The first-order valence-corrected chi connectivity index (χ1v) is 5.80. The molecule has 3 heteroatoms. The minimum absolute atomic E-state index is 0.459. The maximum absolute atomic E-state index is 4.27. The molecule has 0 aliphatic rings. The summed E-state index contributed by atoms with van der Waals surface area (Å²) in [5, 5.41) is 4.47. The molecule has 78 valence electrons. The molecule has 1 heterocycles. The molecular formula is C11H18N2S. The van der Waals surface area contributed by atoms with Crippen molar-refractivity contribution in [2.75, 3.05) is 7.05 Å². The lowest BCUT2D eigenvalue weighted by Gasteiger charge is -2.12. The van der Waals surface area contributed by atoms with Crippen LogP contribution in [0.15, 0.2) is 18.9 Å². The van der Waals surface area contributed by atoms with Crippen molar-refractivity contribution in [3.8, 4) is 0 Å². The van der Waals surface area contributed by atoms with Gasteiger partial charge < -0.3 is 5.32 Å². The number of allylic oxidation sites excluding steroid dienone is 1. The zero-order chi connectivity index (χ0) is 10.4. The van der Waals surface area contributed by atoms with Gasteiger partial charge in [0.15, 0.2) is 0 Å². The van der Waals surface area contributed by atoms with Crippen molar-refractivity contribution < 1.29 is 0 Å². The van der Waals surface area contributed by atoms with E-state index < -0.39 is 0 Å². The van der Waals surface area contributed by atoms with Gasteiger partial charge in [-0.25, -0.2) is 4.98 Å². The average Bonchev–Trinajstić information content (AvgIpc) is 2.60. The summed E-state index contributed by atoms with van der Waals surface area (Å²) < 4.78 is 0. The minimum atomic E-state index is 0.459. The normalized spacial score (nSPS) is 12.7. The fourth-order valence-electron chi connectivity index (χ4n) is 1.43. The molecule has 0 aliphatic heterocycles. The van der Waals surface area contributed by atoms with Crippen LogP contribution < -0.4 is 5.32 Å². The van der Waals surface area contributed by atoms with E-state index >= 15 is 0 Å². The molecule has 0 saturated carbocycles. The van der Waals surface area contributed by atoms with E-state index in [4.69, 9.17) is 0 Å². The van der Waals surface area contributed by atoms with Gasteiger partial charge in [0.1, 0.15) is 0 Å². The Morgan fingerprint density at radius 2 is 2.50 bits per heavy atom. The second kappa shape index (κ2) is 5.94. The highest BCUT2D eigenvalue weighted by atomic mass is 32.1. The third-order valence-electron chi connectivity index (χ3n) is 2.23. The fraction of sp³-hybridized carbons (Fsp3) is 0.545. The average molecular weight is 210 g/mol. The number of hydrogen-bond acceptors (Lipinski definition) is 3. The predicted molar refractivity (Wildman–Crippen MR) is 62.7 cm³/mol. The summed E-state index contributed by atoms with van der Waals surface area (Å²) in [5.41, 5.74) is 0. The molecule has 1 atom stereocenters. The van der Waals surface area contributed by atoms with Gasteiger partial charge in [-0.05, 0) is 33.2 Å². The number of nitrogens with one attached hydrogen (secondary N) is 1. The van der Waals surface area contributed by atoms with Crippen LogP contribution in [0.25, 0.3) is 0 Å². The summed E-state index contributed by atoms with van der Waals surface area (Å²) in [6, 6.07) is 0.459. The van der Waals surface area contributed by atoms with Crippen LogP contribution in [0.2, 0.25) is 0 Å². The van der Waals surface area contributed by atoms with Crippen molar-refractivity contribution in [1.82, 2.24) is 10.3 Å². The van der Waals surface area contributed by atoms with Crippen molar-refractivity contribution in [3.05, 3.63) is 28.7 Å². The van der Waals surface area contributed by atoms with Gasteiger partial charge in [-0.2, -0.15) is 0 Å². The molecule has 0 radical (unpaired) electrons. The standard InChI is InChI=1S/C11H18N2S/c1-4-5-6-7-10(12-3)11-8-13-9(2)14-11/h4,8,10,12H,1,5-7H2,2-3H3. The Morgan fingerprint density at radius 3 is 3.00 bits per heavy atom. The van der Waals surface area contributed by atoms with Crippen molar-refractivity contribution >= 4 is 11.3 Å². The van der Waals surface area contributed by atoms with E-state index in [1.54, 1.807) is 11.3 Å². The summed E-state index contributed by atoms with van der Waals surface area (Å²) in [6.45, 7) is 5.78. The predicted octanol–water partition coefficient (Wildman–Crippen LogP) is 3.07. The number of nitrogens with zero attached hydrogens (tertiary/aromatic N) is 1. The molecule has 0 bridgehead atoms. The first-order valence-electron chi connectivity index (χ1n) is 4.98. The monoisotopic (exact) mass is 210 g/mol. The number of hydrogen-bond donors (Lipinski definition) is 1. The molecule has 0 fully saturated rings. The molecular weight excluding hydrogens is 192 g/mol. The Balaban J connectivity index is 2.49. The zero-order valence-corrected chi connectivity index (χ0v) is 9.73. The molecule has 0 saturated heterocycles. The first kappa shape index (κ1) is 11.4. The van der Waals surface area contributed by atoms with E-state index in [1.165, 1.54) is 11.3 Å². The van der Waals surface area contributed by atoms with Crippen molar-refractivity contribution in [2.24, 2.45) is 0 Å². The quantitative estimate of drug-likeness (QED) is 0.576. The van der Waals surface area contributed by atoms with Crippen molar-refractivity contribution in [2.45, 2.75) is 32.2 Å². The van der Waals surface area contributed by atoms with Gasteiger partial charge in [0, 0.05) is 17.1 Å². The van der Waals surface area contributed by atoms with Gasteiger partial charge in [0.2, 0.25) is 0 Å². The van der Waals surface area contributed by atoms with Gasteiger partial charge in [-0.3, -0.25) is 0 Å². The lowest BCUT2D eigenvalue weighted by molar-refractivity contribution is 0.537. The molecule has 0 spiro atoms. The van der Waals surface area contributed by atoms with Crippen LogP contribution in [0.1, 0.15) is 35.2 Å². The van der Waals surface area contributed by atoms with Crippen LogP contribution in [-0.2, 0) is 0 Å². The Morgan fingerprint density at radius 1 is 1.71 bits per heavy atom. The van der Waals surface area contributed by atoms with Crippen molar-refractivity contribution in [3.63, 3.8) is 0 Å². The Bertz CT molecular complexity index is 281. The molecule has 2 nitrogen and oxygen atoms in total. The highest BCUT2D eigenvalue weighted by molar-refractivity contribution is 7.11. The molecule has 1 unspecified atom stereocenters. The summed E-state index contributed by atoms with van der Waals surface area (Å²) in [4.78, 5) is 5.61. The second-order valence-corrected chi connectivity index (χ2v) is 4.61.